The van der Waals surface area contributed by atoms with Gasteiger partial charge in [-0.05, 0) is 31.0 Å². The highest BCUT2D eigenvalue weighted by Crippen LogP contribution is 2.30. The van der Waals surface area contributed by atoms with Crippen LogP contribution in [-0.2, 0) is 12.3 Å². The Morgan fingerprint density at radius 1 is 1.17 bits per heavy atom. The predicted octanol–water partition coefficient (Wildman–Crippen LogP) is 6.27. The Hall–Kier alpha value is -3.07. The van der Waals surface area contributed by atoms with Crippen molar-refractivity contribution in [2.45, 2.75) is 60.8 Å². The van der Waals surface area contributed by atoms with E-state index in [-0.39, 0.29) is 5.56 Å². The Kier molecular flexibility index (Phi) is 8.85. The molecule has 1 aromatic carbocycles. The highest BCUT2D eigenvalue weighted by atomic mass is 19.3. The molecule has 0 amide bonds. The van der Waals surface area contributed by atoms with Crippen LogP contribution in [0.1, 0.15) is 63.8 Å². The van der Waals surface area contributed by atoms with E-state index in [1.54, 1.807) is 31.2 Å². The van der Waals surface area contributed by atoms with E-state index in [2.05, 4.69) is 11.1 Å². The van der Waals surface area contributed by atoms with Crippen molar-refractivity contribution in [1.29, 1.82) is 5.26 Å². The molecule has 0 fully saturated rings. The minimum absolute atomic E-state index is 0.227. The van der Waals surface area contributed by atoms with Gasteiger partial charge < -0.3 is 0 Å². The number of fused-ring (bicyclic) bond motifs is 1. The summed E-state index contributed by atoms with van der Waals surface area (Å²) >= 11 is 0. The molecule has 0 saturated heterocycles. The highest BCUT2D eigenvalue weighted by molar-refractivity contribution is 5.72. The number of aryl methyl sites for hydroxylation is 1. The van der Waals surface area contributed by atoms with Gasteiger partial charge in [-0.3, -0.25) is 9.20 Å². The second kappa shape index (κ2) is 10.6. The molecule has 2 heterocycles. The summed E-state index contributed by atoms with van der Waals surface area (Å²) < 4.78 is 28.8. The molecule has 4 nitrogen and oxygen atoms in total. The summed E-state index contributed by atoms with van der Waals surface area (Å²) in [6, 6.07) is 10.4. The van der Waals surface area contributed by atoms with E-state index < -0.39 is 11.5 Å². The zero-order chi connectivity index (χ0) is 23.1. The maximum Gasteiger partial charge on any atom is 0.271 e. The second-order valence-electron chi connectivity index (χ2n) is 6.24. The molecule has 0 radical (unpaired) electrons. The fraction of sp³-hybridized carbons (Fsp3) is 0.375. The van der Waals surface area contributed by atoms with Gasteiger partial charge in [0.1, 0.15) is 5.65 Å². The number of rotatable bonds is 3. The van der Waals surface area contributed by atoms with Gasteiger partial charge in [0.05, 0.1) is 17.3 Å². The Balaban J connectivity index is 0.00000106. The van der Waals surface area contributed by atoms with E-state index in [0.717, 1.165) is 13.1 Å². The quantitative estimate of drug-likeness (QED) is 0.508. The standard InChI is InChI=1S/C20H17F2N3O.2C2H6/c1-4-13-9-15(20(3,21)22)11-25-18(13)24-17(12(2)19(25)26)16-8-6-5-7-14(16)10-23;2*1-2/h5-9,11H,4H2,1-3H3;2*1-2H3. The Morgan fingerprint density at radius 3 is 2.30 bits per heavy atom. The Bertz CT molecular complexity index is 1110. The minimum Gasteiger partial charge on any atom is -0.269 e. The van der Waals surface area contributed by atoms with E-state index >= 15 is 0 Å². The molecule has 3 rings (SSSR count). The normalized spacial score (nSPS) is 10.4. The van der Waals surface area contributed by atoms with Crippen molar-refractivity contribution < 1.29 is 8.78 Å². The van der Waals surface area contributed by atoms with Gasteiger partial charge in [0.25, 0.3) is 11.5 Å². The third kappa shape index (κ3) is 4.91. The molecule has 0 aliphatic carbocycles. The van der Waals surface area contributed by atoms with Crippen LogP contribution >= 0.6 is 0 Å². The van der Waals surface area contributed by atoms with Crippen LogP contribution in [0, 0.1) is 18.3 Å². The zero-order valence-corrected chi connectivity index (χ0v) is 18.7. The summed E-state index contributed by atoms with van der Waals surface area (Å²) in [5, 5.41) is 9.34. The van der Waals surface area contributed by atoms with Crippen LogP contribution < -0.4 is 5.56 Å². The lowest BCUT2D eigenvalue weighted by atomic mass is 10.0. The first-order valence-electron chi connectivity index (χ1n) is 10.2. The van der Waals surface area contributed by atoms with Crippen LogP contribution in [0.2, 0.25) is 0 Å². The van der Waals surface area contributed by atoms with Crippen molar-refractivity contribution in [3.05, 3.63) is 69.1 Å². The number of benzene rings is 1. The SMILES string of the molecule is CC.CC.CCc1cc(C(C)(F)F)cn2c(=O)c(C)c(-c3ccccc3C#N)nc12. The van der Waals surface area contributed by atoms with E-state index in [1.165, 1.54) is 10.5 Å². The average molecular weight is 414 g/mol. The summed E-state index contributed by atoms with van der Waals surface area (Å²) in [5.74, 6) is -3.06. The van der Waals surface area contributed by atoms with Gasteiger partial charge in [-0.25, -0.2) is 13.8 Å². The molecular formula is C24H29F2N3O. The van der Waals surface area contributed by atoms with Crippen molar-refractivity contribution in [3.63, 3.8) is 0 Å². The molecule has 6 heteroatoms. The zero-order valence-electron chi connectivity index (χ0n) is 18.7. The third-order valence-corrected chi connectivity index (χ3v) is 4.42. The molecule has 3 aromatic rings. The summed E-state index contributed by atoms with van der Waals surface area (Å²) in [4.78, 5) is 17.4. The lowest BCUT2D eigenvalue weighted by molar-refractivity contribution is 0.0169. The lowest BCUT2D eigenvalue weighted by Gasteiger charge is -2.16. The molecular weight excluding hydrogens is 384 g/mol. The van der Waals surface area contributed by atoms with Gasteiger partial charge in [-0.1, -0.05) is 52.8 Å². The molecule has 0 bridgehead atoms. The number of nitriles is 1. The Labute approximate surface area is 176 Å². The largest absolute Gasteiger partial charge is 0.271 e. The molecule has 0 saturated carbocycles. The van der Waals surface area contributed by atoms with Crippen molar-refractivity contribution in [3.8, 4) is 17.3 Å². The van der Waals surface area contributed by atoms with Crippen LogP contribution in [-0.4, -0.2) is 9.38 Å². The lowest BCUT2D eigenvalue weighted by Crippen LogP contribution is -2.22. The number of hydrogen-bond donors (Lipinski definition) is 0. The van der Waals surface area contributed by atoms with Crippen LogP contribution in [0.4, 0.5) is 8.78 Å². The van der Waals surface area contributed by atoms with Gasteiger partial charge in [-0.2, -0.15) is 5.26 Å². The van der Waals surface area contributed by atoms with E-state index in [0.29, 0.717) is 40.0 Å². The maximum absolute atomic E-state index is 13.8. The van der Waals surface area contributed by atoms with E-state index in [1.807, 2.05) is 34.6 Å². The average Bonchev–Trinajstić information content (AvgIpc) is 2.77. The van der Waals surface area contributed by atoms with E-state index in [9.17, 15) is 18.8 Å². The van der Waals surface area contributed by atoms with Gasteiger partial charge in [-0.15, -0.1) is 0 Å². The third-order valence-electron chi connectivity index (χ3n) is 4.42. The van der Waals surface area contributed by atoms with Gasteiger partial charge in [0, 0.05) is 29.8 Å². The number of alkyl halides is 2. The molecule has 0 N–H and O–H groups in total. The Morgan fingerprint density at radius 2 is 1.77 bits per heavy atom. The molecule has 2 aromatic heterocycles. The molecule has 0 aliphatic rings. The summed E-state index contributed by atoms with van der Waals surface area (Å²) in [7, 11) is 0. The van der Waals surface area contributed by atoms with Crippen LogP contribution in [0.3, 0.4) is 0 Å². The number of nitrogens with zero attached hydrogens (tertiary/aromatic N) is 3. The fourth-order valence-electron chi connectivity index (χ4n) is 2.95. The molecule has 0 aliphatic heterocycles. The monoisotopic (exact) mass is 413 g/mol. The number of aromatic nitrogens is 2. The summed E-state index contributed by atoms with van der Waals surface area (Å²) in [5.41, 5.74) is 1.91. The number of hydrogen-bond acceptors (Lipinski definition) is 3. The van der Waals surface area contributed by atoms with Gasteiger partial charge in [0.15, 0.2) is 0 Å². The molecule has 30 heavy (non-hydrogen) atoms. The summed E-state index contributed by atoms with van der Waals surface area (Å²) in [6.45, 7) is 12.2. The van der Waals surface area contributed by atoms with Crippen molar-refractivity contribution in [2.75, 3.05) is 0 Å². The van der Waals surface area contributed by atoms with Gasteiger partial charge >= 0.3 is 0 Å². The first kappa shape index (κ1) is 25.0. The maximum atomic E-state index is 13.8. The molecule has 0 unspecified atom stereocenters. The van der Waals surface area contributed by atoms with E-state index in [4.69, 9.17) is 0 Å². The topological polar surface area (TPSA) is 58.2 Å². The first-order valence-corrected chi connectivity index (χ1v) is 10.2. The summed E-state index contributed by atoms with van der Waals surface area (Å²) in [6.07, 6.45) is 1.60. The first-order chi connectivity index (χ1) is 14.3. The predicted molar refractivity (Wildman–Crippen MR) is 118 cm³/mol. The van der Waals surface area contributed by atoms with Crippen LogP contribution in [0.25, 0.3) is 16.9 Å². The number of halogens is 2. The van der Waals surface area contributed by atoms with Crippen molar-refractivity contribution >= 4 is 5.65 Å². The van der Waals surface area contributed by atoms with Crippen LogP contribution in [0.5, 0.6) is 0 Å². The fourth-order valence-corrected chi connectivity index (χ4v) is 2.95. The second-order valence-corrected chi connectivity index (χ2v) is 6.24. The number of pyridine rings is 1. The van der Waals surface area contributed by atoms with Crippen molar-refractivity contribution in [2.24, 2.45) is 0 Å². The molecule has 0 spiro atoms. The molecule has 0 atom stereocenters. The van der Waals surface area contributed by atoms with Gasteiger partial charge in [0.2, 0.25) is 0 Å². The molecule has 160 valence electrons. The van der Waals surface area contributed by atoms with Crippen molar-refractivity contribution in [1.82, 2.24) is 9.38 Å². The highest BCUT2D eigenvalue weighted by Gasteiger charge is 2.26. The minimum atomic E-state index is -3.06. The van der Waals surface area contributed by atoms with Crippen LogP contribution in [0.15, 0.2) is 41.3 Å². The smallest absolute Gasteiger partial charge is 0.269 e.